The van der Waals surface area contributed by atoms with Gasteiger partial charge in [0.15, 0.2) is 0 Å². The Morgan fingerprint density at radius 2 is 1.55 bits per heavy atom. The van der Waals surface area contributed by atoms with E-state index in [-0.39, 0.29) is 18.8 Å². The first kappa shape index (κ1) is 34.4. The van der Waals surface area contributed by atoms with E-state index in [1.165, 1.54) is 11.8 Å². The third-order valence-corrected chi connectivity index (χ3v) is 6.96. The number of hydrogen-bond acceptors (Lipinski definition) is 8. The maximum absolute atomic E-state index is 13.2. The van der Waals surface area contributed by atoms with Gasteiger partial charge in [-0.15, -0.1) is 0 Å². The van der Waals surface area contributed by atoms with E-state index in [1.54, 1.807) is 20.8 Å². The molecule has 0 saturated carbocycles. The lowest BCUT2D eigenvalue weighted by Crippen LogP contribution is -2.56. The molecular formula is C30H43N5O6S. The van der Waals surface area contributed by atoms with Gasteiger partial charge in [-0.2, -0.15) is 11.8 Å². The molecule has 0 aliphatic rings. The molecule has 0 bridgehead atoms. The number of thioether (sulfide) groups is 1. The highest BCUT2D eigenvalue weighted by atomic mass is 32.2. The molecule has 0 aromatic heterocycles. The van der Waals surface area contributed by atoms with Crippen LogP contribution in [0.3, 0.4) is 0 Å². The molecule has 0 aliphatic carbocycles. The van der Waals surface area contributed by atoms with Crippen molar-refractivity contribution in [3.63, 3.8) is 0 Å². The van der Waals surface area contributed by atoms with Gasteiger partial charge in [-0.3, -0.25) is 15.0 Å². The van der Waals surface area contributed by atoms with Gasteiger partial charge in [0.2, 0.25) is 5.91 Å². The molecule has 2 atom stereocenters. The van der Waals surface area contributed by atoms with E-state index in [1.807, 2.05) is 61.5 Å². The van der Waals surface area contributed by atoms with Gasteiger partial charge in [-0.25, -0.2) is 15.4 Å². The summed E-state index contributed by atoms with van der Waals surface area (Å²) in [6.07, 6.45) is -0.0286. The molecule has 42 heavy (non-hydrogen) atoms. The summed E-state index contributed by atoms with van der Waals surface area (Å²) < 4.78 is 10.5. The van der Waals surface area contributed by atoms with Crippen LogP contribution in [0.2, 0.25) is 0 Å². The number of hydrazine groups is 1. The minimum atomic E-state index is -0.972. The van der Waals surface area contributed by atoms with Gasteiger partial charge in [0.1, 0.15) is 24.3 Å². The van der Waals surface area contributed by atoms with Crippen LogP contribution in [0, 0.1) is 6.92 Å². The van der Waals surface area contributed by atoms with Gasteiger partial charge in [0.05, 0.1) is 0 Å². The van der Waals surface area contributed by atoms with Crippen LogP contribution in [0.25, 0.3) is 0 Å². The van der Waals surface area contributed by atoms with E-state index >= 15 is 0 Å². The summed E-state index contributed by atoms with van der Waals surface area (Å²) in [6.45, 7) is 7.65. The van der Waals surface area contributed by atoms with Gasteiger partial charge in [0.25, 0.3) is 5.91 Å². The van der Waals surface area contributed by atoms with E-state index in [9.17, 15) is 19.2 Å². The molecule has 12 heteroatoms. The maximum atomic E-state index is 13.2. The van der Waals surface area contributed by atoms with Crippen molar-refractivity contribution in [3.8, 4) is 0 Å². The highest BCUT2D eigenvalue weighted by Gasteiger charge is 2.28. The predicted octanol–water partition coefficient (Wildman–Crippen LogP) is 3.69. The number of amides is 4. The Bertz CT molecular complexity index is 1140. The zero-order chi connectivity index (χ0) is 31.0. The third kappa shape index (κ3) is 14.2. The molecule has 4 amide bonds. The Morgan fingerprint density at radius 1 is 0.857 bits per heavy atom. The Hall–Kier alpha value is -3.77. The Kier molecular flexibility index (Phi) is 14.7. The molecule has 0 radical (unpaired) electrons. The van der Waals surface area contributed by atoms with Crippen molar-refractivity contribution in [1.29, 1.82) is 0 Å². The van der Waals surface area contributed by atoms with Crippen LogP contribution in [0.1, 0.15) is 56.7 Å². The molecule has 0 heterocycles. The fourth-order valence-corrected chi connectivity index (χ4v) is 4.71. The van der Waals surface area contributed by atoms with Crippen LogP contribution in [0.15, 0.2) is 54.6 Å². The molecule has 11 nitrogen and oxygen atoms in total. The molecule has 0 aliphatic heterocycles. The van der Waals surface area contributed by atoms with E-state index in [2.05, 4.69) is 21.4 Å². The molecule has 6 N–H and O–H groups in total. The van der Waals surface area contributed by atoms with Crippen molar-refractivity contribution in [2.75, 3.05) is 12.3 Å². The maximum Gasteiger partial charge on any atom is 0.408 e. The molecule has 0 unspecified atom stereocenters. The number of benzene rings is 2. The zero-order valence-corrected chi connectivity index (χ0v) is 25.6. The Morgan fingerprint density at radius 3 is 2.19 bits per heavy atom. The molecule has 0 fully saturated rings. The molecule has 2 aromatic rings. The van der Waals surface area contributed by atoms with Crippen molar-refractivity contribution < 1.29 is 28.7 Å². The average Bonchev–Trinajstić information content (AvgIpc) is 2.94. The largest absolute Gasteiger partial charge is 0.445 e. The van der Waals surface area contributed by atoms with Crippen LogP contribution in [-0.4, -0.2) is 54.0 Å². The van der Waals surface area contributed by atoms with Gasteiger partial charge >= 0.3 is 12.2 Å². The topological polar surface area (TPSA) is 161 Å². The van der Waals surface area contributed by atoms with Gasteiger partial charge < -0.3 is 25.4 Å². The highest BCUT2D eigenvalue weighted by molar-refractivity contribution is 7.98. The van der Waals surface area contributed by atoms with Gasteiger partial charge in [-0.05, 0) is 58.1 Å². The first-order valence-corrected chi connectivity index (χ1v) is 15.0. The van der Waals surface area contributed by atoms with Crippen LogP contribution < -0.4 is 27.2 Å². The zero-order valence-electron chi connectivity index (χ0n) is 24.7. The van der Waals surface area contributed by atoms with Crippen molar-refractivity contribution >= 4 is 35.8 Å². The Labute approximate surface area is 252 Å². The number of nitrogens with two attached hydrogens (primary N) is 1. The monoisotopic (exact) mass is 601 g/mol. The minimum absolute atomic E-state index is 0.162. The van der Waals surface area contributed by atoms with Crippen LogP contribution in [0.5, 0.6) is 0 Å². The smallest absolute Gasteiger partial charge is 0.408 e. The molecular weight excluding hydrogens is 558 g/mol. The summed E-state index contributed by atoms with van der Waals surface area (Å²) in [6, 6.07) is 15.5. The third-order valence-electron chi connectivity index (χ3n) is 5.86. The molecule has 2 rings (SSSR count). The highest BCUT2D eigenvalue weighted by Crippen LogP contribution is 2.15. The lowest BCUT2D eigenvalue weighted by atomic mass is 10.1. The lowest BCUT2D eigenvalue weighted by Gasteiger charge is -2.25. The van der Waals surface area contributed by atoms with Crippen LogP contribution in [-0.2, 0) is 31.4 Å². The van der Waals surface area contributed by atoms with Crippen molar-refractivity contribution in [3.05, 3.63) is 71.3 Å². The molecule has 0 saturated heterocycles. The van der Waals surface area contributed by atoms with E-state index in [0.29, 0.717) is 25.1 Å². The minimum Gasteiger partial charge on any atom is -0.445 e. The summed E-state index contributed by atoms with van der Waals surface area (Å²) in [5.74, 6) is 5.20. The second-order valence-electron chi connectivity index (χ2n) is 10.8. The molecule has 230 valence electrons. The Balaban J connectivity index is 1.90. The van der Waals surface area contributed by atoms with E-state index in [4.69, 9.17) is 15.3 Å². The summed E-state index contributed by atoms with van der Waals surface area (Å²) in [5.41, 5.74) is 4.46. The summed E-state index contributed by atoms with van der Waals surface area (Å²) in [7, 11) is 0. The van der Waals surface area contributed by atoms with Crippen LogP contribution >= 0.6 is 11.8 Å². The number of carbonyl (C=O) groups is 4. The first-order valence-electron chi connectivity index (χ1n) is 13.8. The molecule has 0 spiro atoms. The average molecular weight is 602 g/mol. The number of carbonyl (C=O) groups excluding carboxylic acids is 4. The first-order chi connectivity index (χ1) is 20.0. The normalized spacial score (nSPS) is 12.4. The van der Waals surface area contributed by atoms with Crippen molar-refractivity contribution in [2.45, 2.75) is 77.0 Å². The summed E-state index contributed by atoms with van der Waals surface area (Å²) in [5, 5.41) is 8.00. The number of rotatable bonds is 15. The number of alkyl carbamates (subject to hydrolysis) is 2. The number of unbranched alkanes of at least 4 members (excludes halogenated alkanes) is 1. The summed E-state index contributed by atoms with van der Waals surface area (Å²) >= 11 is 1.47. The second kappa shape index (κ2) is 17.9. The fourth-order valence-electron chi connectivity index (χ4n) is 3.69. The number of ether oxygens (including phenoxy) is 2. The lowest BCUT2D eigenvalue weighted by molar-refractivity contribution is -0.129. The van der Waals surface area contributed by atoms with Crippen molar-refractivity contribution in [2.24, 2.45) is 5.84 Å². The quantitative estimate of drug-likeness (QED) is 0.0894. The standard InChI is InChI=1S/C30H43N5O6S/c1-21-13-15-23(16-14-21)19-42-20-25(27(37)35-31)33-26(36)24(34-29(39)41-30(2,3)4)12-8-9-17-32-28(38)40-18-22-10-6-5-7-11-22/h5-7,10-11,13-16,24-25H,8-9,12,17-20,31H2,1-4H3,(H,32,38)(H,33,36)(H,34,39)(H,35,37)/t24-,25-/m0/s1. The SMILES string of the molecule is Cc1ccc(CSC[C@H](NC(=O)[C@H](CCCCNC(=O)OCc2ccccc2)NC(=O)OC(C)(C)C)C(=O)NN)cc1. The number of hydrogen-bond donors (Lipinski definition) is 5. The van der Waals surface area contributed by atoms with Gasteiger partial charge in [0, 0.05) is 18.1 Å². The fraction of sp³-hybridized carbons (Fsp3) is 0.467. The number of aryl methyl sites for hydroxylation is 1. The number of nitrogens with one attached hydrogen (secondary N) is 4. The van der Waals surface area contributed by atoms with E-state index in [0.717, 1.165) is 16.7 Å². The van der Waals surface area contributed by atoms with Crippen molar-refractivity contribution in [1.82, 2.24) is 21.4 Å². The van der Waals surface area contributed by atoms with E-state index < -0.39 is 41.7 Å². The van der Waals surface area contributed by atoms with Crippen LogP contribution in [0.4, 0.5) is 9.59 Å². The summed E-state index contributed by atoms with van der Waals surface area (Å²) in [4.78, 5) is 50.1. The van der Waals surface area contributed by atoms with Gasteiger partial charge in [-0.1, -0.05) is 60.2 Å². The second-order valence-corrected chi connectivity index (χ2v) is 11.8. The molecule has 2 aromatic carbocycles. The predicted molar refractivity (Wildman–Crippen MR) is 163 cm³/mol.